The highest BCUT2D eigenvalue weighted by atomic mass is 16.6. The van der Waals surface area contributed by atoms with Crippen LogP contribution in [0.15, 0.2) is 64.4 Å². The molecule has 13 heteroatoms. The molecule has 0 atom stereocenters. The van der Waals surface area contributed by atoms with Crippen LogP contribution in [0.25, 0.3) is 16.7 Å². The molecule has 0 aliphatic carbocycles. The molecule has 4 aromatic rings. The van der Waals surface area contributed by atoms with Gasteiger partial charge in [0.2, 0.25) is 5.91 Å². The zero-order valence-corrected chi connectivity index (χ0v) is 16.3. The Balaban J connectivity index is 1.51. The number of carbonyl (C=O) groups excluding carboxylic acids is 2. The fourth-order valence-electron chi connectivity index (χ4n) is 2.98. The number of furan rings is 1. The molecule has 0 aliphatic heterocycles. The SMILES string of the molecule is O=C(Cn1cnc2c(cnn2-c2ccccc2[N+](=O)[O-])c1=O)NC(=O)NCc1ccco1. The van der Waals surface area contributed by atoms with Gasteiger partial charge in [0.25, 0.3) is 11.2 Å². The molecule has 4 rings (SSSR count). The van der Waals surface area contributed by atoms with Gasteiger partial charge in [-0.05, 0) is 18.2 Å². The van der Waals surface area contributed by atoms with Crippen LogP contribution in [-0.2, 0) is 17.9 Å². The van der Waals surface area contributed by atoms with Crippen LogP contribution in [0.5, 0.6) is 0 Å². The Labute approximate surface area is 178 Å². The first-order valence-electron chi connectivity index (χ1n) is 9.21. The van der Waals surface area contributed by atoms with Gasteiger partial charge < -0.3 is 9.73 Å². The van der Waals surface area contributed by atoms with Crippen molar-refractivity contribution in [3.63, 3.8) is 0 Å². The quantitative estimate of drug-likeness (QED) is 0.334. The van der Waals surface area contributed by atoms with E-state index in [0.29, 0.717) is 5.76 Å². The number of benzene rings is 1. The van der Waals surface area contributed by atoms with Gasteiger partial charge in [0.1, 0.15) is 29.7 Å². The van der Waals surface area contributed by atoms with E-state index in [1.165, 1.54) is 35.3 Å². The van der Waals surface area contributed by atoms with Gasteiger partial charge in [0, 0.05) is 6.07 Å². The van der Waals surface area contributed by atoms with E-state index in [-0.39, 0.29) is 29.0 Å². The number of carbonyl (C=O) groups is 2. The average molecular weight is 437 g/mol. The predicted octanol–water partition coefficient (Wildman–Crippen LogP) is 1.11. The summed E-state index contributed by atoms with van der Waals surface area (Å²) in [5, 5.41) is 19.9. The average Bonchev–Trinajstić information content (AvgIpc) is 3.44. The van der Waals surface area contributed by atoms with Gasteiger partial charge in [0.15, 0.2) is 5.65 Å². The molecule has 0 aliphatic rings. The van der Waals surface area contributed by atoms with E-state index >= 15 is 0 Å². The lowest BCUT2D eigenvalue weighted by molar-refractivity contribution is -0.384. The molecule has 0 saturated heterocycles. The second-order valence-corrected chi connectivity index (χ2v) is 6.53. The third-order valence-electron chi connectivity index (χ3n) is 4.43. The summed E-state index contributed by atoms with van der Waals surface area (Å²) in [6.45, 7) is -0.378. The van der Waals surface area contributed by atoms with E-state index in [4.69, 9.17) is 4.42 Å². The molecule has 0 spiro atoms. The number of nitrogens with zero attached hydrogens (tertiary/aromatic N) is 5. The van der Waals surface area contributed by atoms with Crippen LogP contribution < -0.4 is 16.2 Å². The van der Waals surface area contributed by atoms with Gasteiger partial charge in [-0.3, -0.25) is 29.6 Å². The topological polar surface area (TPSA) is 167 Å². The molecule has 13 nitrogen and oxygen atoms in total. The molecule has 1 aromatic carbocycles. The molecule has 0 fully saturated rings. The maximum atomic E-state index is 12.7. The molecular weight excluding hydrogens is 422 g/mol. The summed E-state index contributed by atoms with van der Waals surface area (Å²) in [5.74, 6) is -0.231. The molecule has 162 valence electrons. The van der Waals surface area contributed by atoms with E-state index < -0.39 is 29.0 Å². The largest absolute Gasteiger partial charge is 0.467 e. The highest BCUT2D eigenvalue weighted by Crippen LogP contribution is 2.23. The minimum atomic E-state index is -0.752. The minimum Gasteiger partial charge on any atom is -0.467 e. The predicted molar refractivity (Wildman–Crippen MR) is 109 cm³/mol. The molecule has 3 heterocycles. The number of para-hydroxylation sites is 2. The Kier molecular flexibility index (Phi) is 5.44. The van der Waals surface area contributed by atoms with E-state index in [2.05, 4.69) is 20.7 Å². The zero-order chi connectivity index (χ0) is 22.7. The maximum Gasteiger partial charge on any atom is 0.321 e. The van der Waals surface area contributed by atoms with Crippen LogP contribution in [0.3, 0.4) is 0 Å². The second-order valence-electron chi connectivity index (χ2n) is 6.53. The highest BCUT2D eigenvalue weighted by molar-refractivity contribution is 5.94. The number of amides is 3. The van der Waals surface area contributed by atoms with Crippen molar-refractivity contribution in [3.8, 4) is 5.69 Å². The van der Waals surface area contributed by atoms with E-state index in [1.807, 2.05) is 0 Å². The Morgan fingerprint density at radius 3 is 2.75 bits per heavy atom. The van der Waals surface area contributed by atoms with Crippen LogP contribution in [0.4, 0.5) is 10.5 Å². The van der Waals surface area contributed by atoms with Gasteiger partial charge >= 0.3 is 6.03 Å². The van der Waals surface area contributed by atoms with Crippen LogP contribution >= 0.6 is 0 Å². The van der Waals surface area contributed by atoms with Crippen LogP contribution in [0.2, 0.25) is 0 Å². The summed E-state index contributed by atoms with van der Waals surface area (Å²) in [4.78, 5) is 51.6. The number of urea groups is 1. The van der Waals surface area contributed by atoms with Gasteiger partial charge in [-0.15, -0.1) is 0 Å². The number of nitro benzene ring substituents is 1. The van der Waals surface area contributed by atoms with E-state index in [1.54, 1.807) is 18.2 Å². The first kappa shape index (κ1) is 20.5. The summed E-state index contributed by atoms with van der Waals surface area (Å²) in [6.07, 6.45) is 3.78. The fourth-order valence-corrected chi connectivity index (χ4v) is 2.98. The molecule has 2 N–H and O–H groups in total. The Morgan fingerprint density at radius 2 is 2.00 bits per heavy atom. The lowest BCUT2D eigenvalue weighted by Gasteiger charge is -2.08. The van der Waals surface area contributed by atoms with Crippen molar-refractivity contribution in [1.82, 2.24) is 30.0 Å². The maximum absolute atomic E-state index is 12.7. The molecule has 32 heavy (non-hydrogen) atoms. The summed E-state index contributed by atoms with van der Waals surface area (Å²) in [7, 11) is 0. The first-order valence-corrected chi connectivity index (χ1v) is 9.21. The summed E-state index contributed by atoms with van der Waals surface area (Å²) in [5.41, 5.74) is -0.560. The molecular formula is C19H15N7O6. The molecule has 0 saturated carbocycles. The monoisotopic (exact) mass is 437 g/mol. The van der Waals surface area contributed by atoms with Crippen LogP contribution in [0.1, 0.15) is 5.76 Å². The van der Waals surface area contributed by atoms with Crippen molar-refractivity contribution in [2.75, 3.05) is 0 Å². The normalized spacial score (nSPS) is 10.8. The van der Waals surface area contributed by atoms with Gasteiger partial charge in [-0.1, -0.05) is 12.1 Å². The smallest absolute Gasteiger partial charge is 0.321 e. The standard InChI is InChI=1S/C19H15N7O6/c27-16(23-19(29)20-8-12-4-3-7-32-12)10-24-11-21-17-13(18(24)28)9-22-25(17)14-5-1-2-6-15(14)26(30)31/h1-7,9,11H,8,10H2,(H2,20,23,27,29). The molecule has 3 amide bonds. The number of imide groups is 1. The number of hydrogen-bond donors (Lipinski definition) is 2. The molecule has 0 unspecified atom stereocenters. The Morgan fingerprint density at radius 1 is 1.19 bits per heavy atom. The number of aromatic nitrogens is 4. The first-order chi connectivity index (χ1) is 15.4. The van der Waals surface area contributed by atoms with Gasteiger partial charge in [-0.25, -0.2) is 14.5 Å². The van der Waals surface area contributed by atoms with Crippen molar-refractivity contribution in [1.29, 1.82) is 0 Å². The minimum absolute atomic E-state index is 0.0562. The summed E-state index contributed by atoms with van der Waals surface area (Å²) in [6, 6.07) is 8.46. The third-order valence-corrected chi connectivity index (χ3v) is 4.43. The lowest BCUT2D eigenvalue weighted by atomic mass is 10.2. The fraction of sp³-hybridized carbons (Fsp3) is 0.105. The van der Waals surface area contributed by atoms with Crippen molar-refractivity contribution < 1.29 is 18.9 Å². The summed E-state index contributed by atoms with van der Waals surface area (Å²) < 4.78 is 7.25. The van der Waals surface area contributed by atoms with Crippen LogP contribution in [-0.4, -0.2) is 36.2 Å². The second kappa shape index (κ2) is 8.51. The number of nitro groups is 1. The number of rotatable bonds is 6. The van der Waals surface area contributed by atoms with Crippen molar-refractivity contribution in [2.24, 2.45) is 0 Å². The number of fused-ring (bicyclic) bond motifs is 1. The molecule has 3 aromatic heterocycles. The van der Waals surface area contributed by atoms with Crippen molar-refractivity contribution >= 4 is 28.7 Å². The number of hydrogen-bond acceptors (Lipinski definition) is 8. The third kappa shape index (κ3) is 4.07. The Bertz CT molecular complexity index is 1370. The van der Waals surface area contributed by atoms with Crippen molar-refractivity contribution in [3.05, 3.63) is 81.4 Å². The van der Waals surface area contributed by atoms with Crippen molar-refractivity contribution in [2.45, 2.75) is 13.1 Å². The highest BCUT2D eigenvalue weighted by Gasteiger charge is 2.19. The molecule has 0 radical (unpaired) electrons. The van der Waals surface area contributed by atoms with Gasteiger partial charge in [-0.2, -0.15) is 5.10 Å². The van der Waals surface area contributed by atoms with E-state index in [9.17, 15) is 24.5 Å². The zero-order valence-electron chi connectivity index (χ0n) is 16.3. The Hall–Kier alpha value is -4.81. The number of nitrogens with one attached hydrogen (secondary N) is 2. The van der Waals surface area contributed by atoms with Crippen LogP contribution in [0, 0.1) is 10.1 Å². The van der Waals surface area contributed by atoms with E-state index in [0.717, 1.165) is 10.9 Å². The lowest BCUT2D eigenvalue weighted by Crippen LogP contribution is -2.41. The van der Waals surface area contributed by atoms with Gasteiger partial charge in [0.05, 0.1) is 23.9 Å². The summed E-state index contributed by atoms with van der Waals surface area (Å²) >= 11 is 0. The molecule has 0 bridgehead atoms.